The molecule has 0 spiro atoms. The van der Waals surface area contributed by atoms with Crippen LogP contribution in [0.15, 0.2) is 30.3 Å². The standard InChI is InChI=1S/C13H20N2O2S2/c1-11(13(14)18)10-15(2)19(16,17)9-8-12-6-4-3-5-7-12/h3-7,11H,8-10H2,1-2H3,(H2,14,18). The Bertz CT molecular complexity index is 515. The molecule has 1 unspecified atom stereocenters. The summed E-state index contributed by atoms with van der Waals surface area (Å²) >= 11 is 4.86. The number of nitrogens with zero attached hydrogens (tertiary/aromatic N) is 1. The molecular weight excluding hydrogens is 280 g/mol. The summed E-state index contributed by atoms with van der Waals surface area (Å²) in [4.78, 5) is 0.338. The van der Waals surface area contributed by atoms with E-state index in [0.717, 1.165) is 5.56 Å². The van der Waals surface area contributed by atoms with E-state index < -0.39 is 10.0 Å². The molecule has 19 heavy (non-hydrogen) atoms. The number of hydrogen-bond acceptors (Lipinski definition) is 3. The summed E-state index contributed by atoms with van der Waals surface area (Å²) in [5.74, 6) is -0.0242. The van der Waals surface area contributed by atoms with Crippen molar-refractivity contribution in [3.05, 3.63) is 35.9 Å². The van der Waals surface area contributed by atoms with Crippen LogP contribution in [0, 0.1) is 5.92 Å². The highest BCUT2D eigenvalue weighted by atomic mass is 32.2. The molecule has 0 fully saturated rings. The largest absolute Gasteiger partial charge is 0.393 e. The minimum atomic E-state index is -3.27. The number of thiocarbonyl (C=S) groups is 1. The normalized spacial score (nSPS) is 13.4. The monoisotopic (exact) mass is 300 g/mol. The van der Waals surface area contributed by atoms with Crippen molar-refractivity contribution in [2.75, 3.05) is 19.3 Å². The van der Waals surface area contributed by atoms with E-state index in [1.54, 1.807) is 7.05 Å². The van der Waals surface area contributed by atoms with Crippen molar-refractivity contribution >= 4 is 27.2 Å². The van der Waals surface area contributed by atoms with E-state index in [1.807, 2.05) is 37.3 Å². The van der Waals surface area contributed by atoms with Gasteiger partial charge in [0.15, 0.2) is 0 Å². The third-order valence-electron chi connectivity index (χ3n) is 2.98. The molecule has 0 aliphatic carbocycles. The molecular formula is C13H20N2O2S2. The smallest absolute Gasteiger partial charge is 0.214 e. The van der Waals surface area contributed by atoms with Gasteiger partial charge in [-0.3, -0.25) is 0 Å². The zero-order chi connectivity index (χ0) is 14.5. The number of rotatable bonds is 7. The van der Waals surface area contributed by atoms with Crippen LogP contribution in [0.1, 0.15) is 12.5 Å². The van der Waals surface area contributed by atoms with E-state index in [-0.39, 0.29) is 11.7 Å². The fraction of sp³-hybridized carbons (Fsp3) is 0.462. The molecule has 0 aliphatic rings. The summed E-state index contributed by atoms with van der Waals surface area (Å²) in [6, 6.07) is 9.56. The molecule has 1 atom stereocenters. The molecule has 1 rings (SSSR count). The Kier molecular flexibility index (Phi) is 5.90. The van der Waals surface area contributed by atoms with Crippen molar-refractivity contribution < 1.29 is 8.42 Å². The molecule has 0 saturated heterocycles. The lowest BCUT2D eigenvalue weighted by molar-refractivity contribution is 0.445. The van der Waals surface area contributed by atoms with E-state index >= 15 is 0 Å². The Hall–Kier alpha value is -0.980. The fourth-order valence-electron chi connectivity index (χ4n) is 1.64. The Morgan fingerprint density at radius 3 is 2.47 bits per heavy atom. The van der Waals surface area contributed by atoms with Gasteiger partial charge in [0.2, 0.25) is 10.0 Å². The van der Waals surface area contributed by atoms with Crippen molar-refractivity contribution in [3.8, 4) is 0 Å². The fourth-order valence-corrected chi connectivity index (χ4v) is 2.97. The molecule has 0 saturated carbocycles. The maximum Gasteiger partial charge on any atom is 0.214 e. The summed E-state index contributed by atoms with van der Waals surface area (Å²) in [6.07, 6.45) is 0.509. The molecule has 2 N–H and O–H groups in total. The average molecular weight is 300 g/mol. The SMILES string of the molecule is CC(CN(C)S(=O)(=O)CCc1ccccc1)C(N)=S. The van der Waals surface area contributed by atoms with Crippen LogP contribution in [0.2, 0.25) is 0 Å². The Labute approximate surface area is 120 Å². The lowest BCUT2D eigenvalue weighted by Gasteiger charge is -2.20. The van der Waals surface area contributed by atoms with E-state index in [4.69, 9.17) is 18.0 Å². The minimum Gasteiger partial charge on any atom is -0.393 e. The topological polar surface area (TPSA) is 63.4 Å². The van der Waals surface area contributed by atoms with Gasteiger partial charge in [0, 0.05) is 19.5 Å². The van der Waals surface area contributed by atoms with Gasteiger partial charge < -0.3 is 5.73 Å². The first kappa shape index (κ1) is 16.1. The van der Waals surface area contributed by atoms with Gasteiger partial charge in [-0.15, -0.1) is 0 Å². The van der Waals surface area contributed by atoms with Gasteiger partial charge in [-0.05, 0) is 12.0 Å². The van der Waals surface area contributed by atoms with E-state index in [0.29, 0.717) is 18.0 Å². The lowest BCUT2D eigenvalue weighted by atomic mass is 10.2. The predicted molar refractivity (Wildman–Crippen MR) is 82.5 cm³/mol. The third-order valence-corrected chi connectivity index (χ3v) is 5.20. The molecule has 1 aromatic carbocycles. The first-order chi connectivity index (χ1) is 8.83. The van der Waals surface area contributed by atoms with Crippen LogP contribution in [0.3, 0.4) is 0 Å². The number of sulfonamides is 1. The molecule has 0 radical (unpaired) electrons. The number of benzene rings is 1. The maximum absolute atomic E-state index is 12.1. The second-order valence-electron chi connectivity index (χ2n) is 4.64. The molecule has 4 nitrogen and oxygen atoms in total. The van der Waals surface area contributed by atoms with Crippen molar-refractivity contribution in [2.45, 2.75) is 13.3 Å². The highest BCUT2D eigenvalue weighted by molar-refractivity contribution is 7.89. The van der Waals surface area contributed by atoms with Crippen LogP contribution in [0.25, 0.3) is 0 Å². The summed E-state index contributed by atoms with van der Waals surface area (Å²) in [7, 11) is -1.70. The molecule has 0 bridgehead atoms. The molecule has 0 heterocycles. The minimum absolute atomic E-state index is 0.0948. The van der Waals surface area contributed by atoms with Gasteiger partial charge in [0.25, 0.3) is 0 Å². The highest BCUT2D eigenvalue weighted by Gasteiger charge is 2.20. The lowest BCUT2D eigenvalue weighted by Crippen LogP contribution is -2.37. The van der Waals surface area contributed by atoms with Crippen LogP contribution in [-0.4, -0.2) is 37.1 Å². The van der Waals surface area contributed by atoms with Crippen LogP contribution in [-0.2, 0) is 16.4 Å². The van der Waals surface area contributed by atoms with E-state index in [2.05, 4.69) is 0 Å². The second kappa shape index (κ2) is 6.98. The van der Waals surface area contributed by atoms with Crippen molar-refractivity contribution in [3.63, 3.8) is 0 Å². The van der Waals surface area contributed by atoms with Gasteiger partial charge in [-0.2, -0.15) is 0 Å². The Morgan fingerprint density at radius 2 is 1.95 bits per heavy atom. The van der Waals surface area contributed by atoms with Gasteiger partial charge in [0.05, 0.1) is 10.7 Å². The zero-order valence-electron chi connectivity index (χ0n) is 11.2. The first-order valence-corrected chi connectivity index (χ1v) is 8.12. The summed E-state index contributed by atoms with van der Waals surface area (Å²) in [6.45, 7) is 2.15. The third kappa shape index (κ3) is 5.26. The Morgan fingerprint density at radius 1 is 1.37 bits per heavy atom. The maximum atomic E-state index is 12.1. The highest BCUT2D eigenvalue weighted by Crippen LogP contribution is 2.08. The van der Waals surface area contributed by atoms with E-state index in [9.17, 15) is 8.42 Å². The van der Waals surface area contributed by atoms with Crippen LogP contribution < -0.4 is 5.73 Å². The molecule has 6 heteroatoms. The van der Waals surface area contributed by atoms with Gasteiger partial charge in [0.1, 0.15) is 0 Å². The van der Waals surface area contributed by atoms with Gasteiger partial charge >= 0.3 is 0 Å². The Balaban J connectivity index is 2.58. The predicted octanol–water partition coefficient (Wildman–Crippen LogP) is 1.41. The van der Waals surface area contributed by atoms with Gasteiger partial charge in [-0.25, -0.2) is 12.7 Å². The summed E-state index contributed by atoms with van der Waals surface area (Å²) < 4.78 is 25.5. The van der Waals surface area contributed by atoms with Crippen LogP contribution >= 0.6 is 12.2 Å². The number of nitrogens with two attached hydrogens (primary N) is 1. The molecule has 0 aliphatic heterocycles. The van der Waals surface area contributed by atoms with Gasteiger partial charge in [-0.1, -0.05) is 49.5 Å². The summed E-state index contributed by atoms with van der Waals surface area (Å²) in [5, 5.41) is 0. The molecule has 1 aromatic rings. The quantitative estimate of drug-likeness (QED) is 0.773. The number of hydrogen-bond donors (Lipinski definition) is 1. The van der Waals surface area contributed by atoms with Crippen molar-refractivity contribution in [1.29, 1.82) is 0 Å². The number of aryl methyl sites for hydroxylation is 1. The first-order valence-electron chi connectivity index (χ1n) is 6.10. The second-order valence-corrected chi connectivity index (χ2v) is 7.30. The van der Waals surface area contributed by atoms with E-state index in [1.165, 1.54) is 4.31 Å². The van der Waals surface area contributed by atoms with Crippen LogP contribution in [0.5, 0.6) is 0 Å². The molecule has 106 valence electrons. The molecule has 0 amide bonds. The van der Waals surface area contributed by atoms with Crippen molar-refractivity contribution in [1.82, 2.24) is 4.31 Å². The average Bonchev–Trinajstić information content (AvgIpc) is 2.37. The van der Waals surface area contributed by atoms with Crippen LogP contribution in [0.4, 0.5) is 0 Å². The zero-order valence-corrected chi connectivity index (χ0v) is 12.9. The summed E-state index contributed by atoms with van der Waals surface area (Å²) in [5.41, 5.74) is 6.52. The van der Waals surface area contributed by atoms with Crippen molar-refractivity contribution in [2.24, 2.45) is 11.7 Å². The molecule has 0 aromatic heterocycles.